The Labute approximate surface area is 208 Å². The van der Waals surface area contributed by atoms with Gasteiger partial charge in [0.05, 0.1) is 11.6 Å². The minimum Gasteiger partial charge on any atom is -0.309 e. The summed E-state index contributed by atoms with van der Waals surface area (Å²) in [6.45, 7) is 4.21. The molecule has 2 atom stereocenters. The van der Waals surface area contributed by atoms with Crippen LogP contribution in [0.2, 0.25) is 5.02 Å². The number of hydrogen-bond acceptors (Lipinski definition) is 2. The van der Waals surface area contributed by atoms with Gasteiger partial charge in [-0.05, 0) is 80.6 Å². The number of nitriles is 1. The second-order valence-corrected chi connectivity index (χ2v) is 9.88. The van der Waals surface area contributed by atoms with Crippen molar-refractivity contribution in [3.05, 3.63) is 100 Å². The average molecular weight is 471 g/mol. The van der Waals surface area contributed by atoms with E-state index in [0.29, 0.717) is 10.6 Å². The number of hydrogen-bond donors (Lipinski definition) is 0. The van der Waals surface area contributed by atoms with Crippen LogP contribution < -0.4 is 4.90 Å². The summed E-state index contributed by atoms with van der Waals surface area (Å²) in [4.78, 5) is 15.9. The summed E-state index contributed by atoms with van der Waals surface area (Å²) >= 11 is 6.14. The number of benzene rings is 3. The first kappa shape index (κ1) is 24.0. The maximum atomic E-state index is 13.9. The normalized spacial score (nSPS) is 15.5. The molecule has 4 rings (SSSR count). The molecule has 0 aliphatic heterocycles. The number of nitrogens with zero attached hydrogens (tertiary/aromatic N) is 2. The van der Waals surface area contributed by atoms with Crippen molar-refractivity contribution in [2.45, 2.75) is 57.9 Å². The highest BCUT2D eigenvalue weighted by Gasteiger charge is 2.35. The lowest BCUT2D eigenvalue weighted by atomic mass is 9.84. The molecule has 0 N–H and O–H groups in total. The highest BCUT2D eigenvalue weighted by atomic mass is 35.5. The Balaban J connectivity index is 1.76. The van der Waals surface area contributed by atoms with E-state index in [4.69, 9.17) is 11.6 Å². The van der Waals surface area contributed by atoms with Crippen molar-refractivity contribution in [3.63, 3.8) is 0 Å². The fourth-order valence-corrected chi connectivity index (χ4v) is 5.22. The summed E-state index contributed by atoms with van der Waals surface area (Å²) in [5.74, 6) is 0.304. The Bertz CT molecular complexity index is 1160. The molecule has 2 unspecified atom stereocenters. The number of amides is 1. The molecule has 0 heterocycles. The number of aryl methyl sites for hydroxylation is 1. The molecule has 0 aromatic heterocycles. The smallest absolute Gasteiger partial charge is 0.230 e. The average Bonchev–Trinajstić information content (AvgIpc) is 3.40. The maximum Gasteiger partial charge on any atom is 0.230 e. The van der Waals surface area contributed by atoms with Crippen molar-refractivity contribution in [2.24, 2.45) is 5.92 Å². The monoisotopic (exact) mass is 470 g/mol. The van der Waals surface area contributed by atoms with Gasteiger partial charge in [0.15, 0.2) is 0 Å². The fraction of sp³-hybridized carbons (Fsp3) is 0.333. The lowest BCUT2D eigenvalue weighted by Crippen LogP contribution is -2.45. The number of rotatable bonds is 7. The molecule has 0 bridgehead atoms. The second kappa shape index (κ2) is 10.9. The van der Waals surface area contributed by atoms with Crippen molar-refractivity contribution in [1.29, 1.82) is 5.26 Å². The topological polar surface area (TPSA) is 44.1 Å². The van der Waals surface area contributed by atoms with Crippen molar-refractivity contribution in [3.8, 4) is 6.07 Å². The molecule has 3 aromatic carbocycles. The van der Waals surface area contributed by atoms with E-state index in [0.717, 1.165) is 48.9 Å². The van der Waals surface area contributed by atoms with Crippen LogP contribution in [-0.4, -0.2) is 11.9 Å². The van der Waals surface area contributed by atoms with Crippen LogP contribution in [0.25, 0.3) is 0 Å². The zero-order chi connectivity index (χ0) is 24.1. The SMILES string of the molecule is Cc1ccc(N(C(=O)C2CCCC2)C(C)C(Cc2ccc(Cl)cc2)c2cccc(C#N)c2)cc1. The van der Waals surface area contributed by atoms with Gasteiger partial charge < -0.3 is 4.90 Å². The Morgan fingerprint density at radius 3 is 2.38 bits per heavy atom. The zero-order valence-corrected chi connectivity index (χ0v) is 20.6. The summed E-state index contributed by atoms with van der Waals surface area (Å²) in [6.07, 6.45) is 4.89. The van der Waals surface area contributed by atoms with Crippen molar-refractivity contribution in [2.75, 3.05) is 4.90 Å². The van der Waals surface area contributed by atoms with Gasteiger partial charge in [0, 0.05) is 28.6 Å². The standard InChI is InChI=1S/C30H31ClN2O/c1-21-10-16-28(17-11-21)33(30(34)25-7-3-4-8-25)22(2)29(19-23-12-14-27(31)15-13-23)26-9-5-6-24(18-26)20-32/h5-6,9-18,22,25,29H,3-4,7-8,19H2,1-2H3. The number of halogens is 1. The third kappa shape index (κ3) is 5.51. The molecule has 1 amide bonds. The molecule has 0 radical (unpaired) electrons. The van der Waals surface area contributed by atoms with Crippen LogP contribution in [0.4, 0.5) is 5.69 Å². The van der Waals surface area contributed by atoms with Gasteiger partial charge in [-0.1, -0.05) is 66.4 Å². The van der Waals surface area contributed by atoms with Crippen molar-refractivity contribution < 1.29 is 4.79 Å². The molecule has 0 spiro atoms. The molecule has 1 fully saturated rings. The third-order valence-corrected chi connectivity index (χ3v) is 7.31. The molecule has 1 aliphatic rings. The van der Waals surface area contributed by atoms with E-state index < -0.39 is 0 Å². The Morgan fingerprint density at radius 2 is 1.74 bits per heavy atom. The van der Waals surface area contributed by atoms with Gasteiger partial charge in [0.2, 0.25) is 5.91 Å². The lowest BCUT2D eigenvalue weighted by molar-refractivity contribution is -0.122. The van der Waals surface area contributed by atoms with E-state index in [1.807, 2.05) is 47.4 Å². The fourth-order valence-electron chi connectivity index (χ4n) is 5.10. The molecule has 34 heavy (non-hydrogen) atoms. The van der Waals surface area contributed by atoms with E-state index in [-0.39, 0.29) is 23.8 Å². The van der Waals surface area contributed by atoms with Crippen LogP contribution in [0, 0.1) is 24.2 Å². The van der Waals surface area contributed by atoms with Crippen LogP contribution in [0.15, 0.2) is 72.8 Å². The largest absolute Gasteiger partial charge is 0.309 e. The van der Waals surface area contributed by atoms with Crippen LogP contribution in [-0.2, 0) is 11.2 Å². The second-order valence-electron chi connectivity index (χ2n) is 9.44. The van der Waals surface area contributed by atoms with Gasteiger partial charge >= 0.3 is 0 Å². The summed E-state index contributed by atoms with van der Waals surface area (Å²) in [6, 6.07) is 26.1. The molecule has 174 valence electrons. The van der Waals surface area contributed by atoms with Gasteiger partial charge in [0.25, 0.3) is 0 Å². The molecule has 1 saturated carbocycles. The Hall–Kier alpha value is -3.09. The summed E-state index contributed by atoms with van der Waals surface area (Å²) in [7, 11) is 0. The van der Waals surface area contributed by atoms with E-state index in [9.17, 15) is 10.1 Å². The van der Waals surface area contributed by atoms with Crippen LogP contribution in [0.3, 0.4) is 0 Å². The lowest BCUT2D eigenvalue weighted by Gasteiger charge is -2.37. The number of carbonyl (C=O) groups excluding carboxylic acids is 1. The zero-order valence-electron chi connectivity index (χ0n) is 19.9. The van der Waals surface area contributed by atoms with E-state index >= 15 is 0 Å². The van der Waals surface area contributed by atoms with Crippen LogP contribution in [0.1, 0.15) is 60.8 Å². The number of anilines is 1. The van der Waals surface area contributed by atoms with Crippen molar-refractivity contribution in [1.82, 2.24) is 0 Å². The summed E-state index contributed by atoms with van der Waals surface area (Å²) in [5.41, 5.74) is 4.96. The van der Waals surface area contributed by atoms with E-state index in [1.54, 1.807) is 0 Å². The predicted molar refractivity (Wildman–Crippen MR) is 139 cm³/mol. The first-order valence-corrected chi connectivity index (χ1v) is 12.5. The van der Waals surface area contributed by atoms with E-state index in [2.05, 4.69) is 50.2 Å². The molecule has 3 nitrogen and oxygen atoms in total. The Kier molecular flexibility index (Phi) is 7.70. The van der Waals surface area contributed by atoms with Crippen LogP contribution >= 0.6 is 11.6 Å². The summed E-state index contributed by atoms with van der Waals surface area (Å²) < 4.78 is 0. The van der Waals surface area contributed by atoms with Gasteiger partial charge in [-0.15, -0.1) is 0 Å². The van der Waals surface area contributed by atoms with Gasteiger partial charge in [-0.25, -0.2) is 0 Å². The molecular formula is C30H31ClN2O. The molecule has 0 saturated heterocycles. The first-order valence-electron chi connectivity index (χ1n) is 12.1. The quantitative estimate of drug-likeness (QED) is 0.359. The highest BCUT2D eigenvalue weighted by Crippen LogP contribution is 2.35. The minimum atomic E-state index is -0.0968. The van der Waals surface area contributed by atoms with E-state index in [1.165, 1.54) is 5.56 Å². The first-order chi connectivity index (χ1) is 16.5. The van der Waals surface area contributed by atoms with Gasteiger partial charge in [0.1, 0.15) is 0 Å². The molecule has 4 heteroatoms. The molecule has 1 aliphatic carbocycles. The van der Waals surface area contributed by atoms with Crippen LogP contribution in [0.5, 0.6) is 0 Å². The highest BCUT2D eigenvalue weighted by molar-refractivity contribution is 6.30. The Morgan fingerprint density at radius 1 is 1.06 bits per heavy atom. The molecular weight excluding hydrogens is 440 g/mol. The van der Waals surface area contributed by atoms with Gasteiger partial charge in [-0.3, -0.25) is 4.79 Å². The maximum absolute atomic E-state index is 13.9. The third-order valence-electron chi connectivity index (χ3n) is 7.06. The molecule has 3 aromatic rings. The van der Waals surface area contributed by atoms with Gasteiger partial charge in [-0.2, -0.15) is 5.26 Å². The predicted octanol–water partition coefficient (Wildman–Crippen LogP) is 7.46. The number of carbonyl (C=O) groups is 1. The summed E-state index contributed by atoms with van der Waals surface area (Å²) in [5, 5.41) is 10.2. The van der Waals surface area contributed by atoms with Crippen molar-refractivity contribution >= 4 is 23.2 Å². The minimum absolute atomic E-state index is 0.0149.